The van der Waals surface area contributed by atoms with E-state index in [1.54, 1.807) is 4.90 Å². The van der Waals surface area contributed by atoms with Gasteiger partial charge in [0, 0.05) is 19.5 Å². The topological polar surface area (TPSA) is 58.6 Å². The predicted octanol–water partition coefficient (Wildman–Crippen LogP) is 3.67. The van der Waals surface area contributed by atoms with Gasteiger partial charge in [0.25, 0.3) is 0 Å². The number of carbonyl (C=O) groups excluding carboxylic acids is 2. The fourth-order valence-corrected chi connectivity index (χ4v) is 3.49. The van der Waals surface area contributed by atoms with Gasteiger partial charge in [0.05, 0.1) is 6.10 Å². The molecule has 0 aliphatic carbocycles. The molecule has 2 aromatic rings. The van der Waals surface area contributed by atoms with Gasteiger partial charge in [-0.3, -0.25) is 9.59 Å². The van der Waals surface area contributed by atoms with Gasteiger partial charge in [-0.25, -0.2) is 0 Å². The predicted molar refractivity (Wildman–Crippen MR) is 109 cm³/mol. The normalized spacial score (nSPS) is 19.1. The lowest BCUT2D eigenvalue weighted by Gasteiger charge is -2.34. The average molecular weight is 380 g/mol. The number of ether oxygens (including phenoxy) is 1. The Balaban J connectivity index is 1.68. The van der Waals surface area contributed by atoms with Gasteiger partial charge in [-0.05, 0) is 50.5 Å². The number of hydrogen-bond donors (Lipinski definition) is 1. The summed E-state index contributed by atoms with van der Waals surface area (Å²) in [6, 6.07) is 17.5. The summed E-state index contributed by atoms with van der Waals surface area (Å²) in [7, 11) is 0. The zero-order valence-corrected chi connectivity index (χ0v) is 16.8. The van der Waals surface area contributed by atoms with Crippen molar-refractivity contribution in [2.75, 3.05) is 0 Å². The SMILES string of the molecule is CC(C)Oc1ccc(CN2C(=O)CC[C@]2(C)C(=O)NCc2ccccc2)cc1. The smallest absolute Gasteiger partial charge is 0.245 e. The van der Waals surface area contributed by atoms with E-state index in [9.17, 15) is 9.59 Å². The van der Waals surface area contributed by atoms with E-state index < -0.39 is 5.54 Å². The maximum absolute atomic E-state index is 12.9. The number of rotatable bonds is 7. The van der Waals surface area contributed by atoms with Crippen molar-refractivity contribution in [1.29, 1.82) is 0 Å². The molecule has 148 valence electrons. The molecule has 28 heavy (non-hydrogen) atoms. The Morgan fingerprint density at radius 1 is 1.11 bits per heavy atom. The van der Waals surface area contributed by atoms with Crippen LogP contribution in [0.5, 0.6) is 5.75 Å². The highest BCUT2D eigenvalue weighted by molar-refractivity contribution is 5.94. The van der Waals surface area contributed by atoms with Gasteiger partial charge >= 0.3 is 0 Å². The molecule has 0 bridgehead atoms. The second-order valence-corrected chi connectivity index (χ2v) is 7.73. The molecule has 1 saturated heterocycles. The quantitative estimate of drug-likeness (QED) is 0.797. The van der Waals surface area contributed by atoms with Crippen LogP contribution in [0, 0.1) is 0 Å². The molecule has 1 fully saturated rings. The van der Waals surface area contributed by atoms with E-state index in [2.05, 4.69) is 5.32 Å². The molecular formula is C23H28N2O3. The summed E-state index contributed by atoms with van der Waals surface area (Å²) in [4.78, 5) is 27.1. The molecule has 1 N–H and O–H groups in total. The van der Waals surface area contributed by atoms with Gasteiger partial charge in [0.15, 0.2) is 0 Å². The van der Waals surface area contributed by atoms with E-state index >= 15 is 0 Å². The summed E-state index contributed by atoms with van der Waals surface area (Å²) >= 11 is 0. The van der Waals surface area contributed by atoms with Crippen LogP contribution in [0.4, 0.5) is 0 Å². The summed E-state index contributed by atoms with van der Waals surface area (Å²) in [5.41, 5.74) is 1.18. The van der Waals surface area contributed by atoms with E-state index in [1.165, 1.54) is 0 Å². The first-order valence-corrected chi connectivity index (χ1v) is 9.77. The Kier molecular flexibility index (Phi) is 6.02. The Morgan fingerprint density at radius 3 is 2.43 bits per heavy atom. The van der Waals surface area contributed by atoms with Crippen LogP contribution in [0.25, 0.3) is 0 Å². The number of likely N-dealkylation sites (tertiary alicyclic amines) is 1. The first kappa shape index (κ1) is 19.9. The van der Waals surface area contributed by atoms with Gasteiger partial charge < -0.3 is 15.0 Å². The van der Waals surface area contributed by atoms with Gasteiger partial charge in [0.1, 0.15) is 11.3 Å². The first-order chi connectivity index (χ1) is 13.4. The third kappa shape index (κ3) is 4.53. The van der Waals surface area contributed by atoms with Crippen molar-refractivity contribution in [2.45, 2.75) is 58.3 Å². The summed E-state index contributed by atoms with van der Waals surface area (Å²) < 4.78 is 5.67. The number of hydrogen-bond acceptors (Lipinski definition) is 3. The lowest BCUT2D eigenvalue weighted by Crippen LogP contribution is -2.53. The highest BCUT2D eigenvalue weighted by Gasteiger charge is 2.47. The van der Waals surface area contributed by atoms with Crippen molar-refractivity contribution in [1.82, 2.24) is 10.2 Å². The zero-order valence-electron chi connectivity index (χ0n) is 16.8. The van der Waals surface area contributed by atoms with Crippen molar-refractivity contribution in [3.05, 3.63) is 65.7 Å². The van der Waals surface area contributed by atoms with E-state index in [-0.39, 0.29) is 17.9 Å². The third-order valence-corrected chi connectivity index (χ3v) is 5.14. The Labute approximate surface area is 166 Å². The Hall–Kier alpha value is -2.82. The number of amides is 2. The fraction of sp³-hybridized carbons (Fsp3) is 0.391. The van der Waals surface area contributed by atoms with Crippen LogP contribution in [0.15, 0.2) is 54.6 Å². The molecule has 2 aromatic carbocycles. The molecule has 1 aliphatic heterocycles. The Bertz CT molecular complexity index is 818. The number of nitrogens with zero attached hydrogens (tertiary/aromatic N) is 1. The van der Waals surface area contributed by atoms with Crippen LogP contribution < -0.4 is 10.1 Å². The van der Waals surface area contributed by atoms with Crippen LogP contribution >= 0.6 is 0 Å². The third-order valence-electron chi connectivity index (χ3n) is 5.14. The van der Waals surface area contributed by atoms with Crippen molar-refractivity contribution >= 4 is 11.8 Å². The maximum atomic E-state index is 12.9. The molecule has 0 radical (unpaired) electrons. The fourth-order valence-electron chi connectivity index (χ4n) is 3.49. The number of benzene rings is 2. The molecule has 1 heterocycles. The molecule has 0 aromatic heterocycles. The average Bonchev–Trinajstić information content (AvgIpc) is 2.97. The van der Waals surface area contributed by atoms with E-state index in [0.717, 1.165) is 16.9 Å². The standard InChI is InChI=1S/C23H28N2O3/c1-17(2)28-20-11-9-19(10-12-20)16-25-21(26)13-14-23(25,3)22(27)24-15-18-7-5-4-6-8-18/h4-12,17H,13-16H2,1-3H3,(H,24,27)/t23-/m1/s1. The monoisotopic (exact) mass is 380 g/mol. The Morgan fingerprint density at radius 2 is 1.79 bits per heavy atom. The lowest BCUT2D eigenvalue weighted by atomic mass is 9.97. The van der Waals surface area contributed by atoms with Crippen molar-refractivity contribution in [2.24, 2.45) is 0 Å². The van der Waals surface area contributed by atoms with Crippen LogP contribution in [0.2, 0.25) is 0 Å². The van der Waals surface area contributed by atoms with Gasteiger partial charge in [-0.15, -0.1) is 0 Å². The zero-order chi connectivity index (χ0) is 20.1. The first-order valence-electron chi connectivity index (χ1n) is 9.77. The molecule has 1 aliphatic rings. The van der Waals surface area contributed by atoms with Crippen molar-refractivity contribution in [3.63, 3.8) is 0 Å². The van der Waals surface area contributed by atoms with Crippen LogP contribution in [-0.2, 0) is 22.7 Å². The summed E-state index contributed by atoms with van der Waals surface area (Å²) in [6.45, 7) is 6.69. The molecule has 1 atom stereocenters. The summed E-state index contributed by atoms with van der Waals surface area (Å²) in [6.07, 6.45) is 1.03. The molecule has 0 unspecified atom stereocenters. The molecule has 3 rings (SSSR count). The molecule has 5 heteroatoms. The largest absolute Gasteiger partial charge is 0.491 e. The minimum atomic E-state index is -0.834. The summed E-state index contributed by atoms with van der Waals surface area (Å²) in [5, 5.41) is 3.00. The van der Waals surface area contributed by atoms with E-state index in [4.69, 9.17) is 4.74 Å². The lowest BCUT2D eigenvalue weighted by molar-refractivity contribution is -0.141. The van der Waals surface area contributed by atoms with Gasteiger partial charge in [0.2, 0.25) is 11.8 Å². The van der Waals surface area contributed by atoms with Crippen LogP contribution in [0.3, 0.4) is 0 Å². The maximum Gasteiger partial charge on any atom is 0.245 e. The molecule has 5 nitrogen and oxygen atoms in total. The summed E-state index contributed by atoms with van der Waals surface area (Å²) in [5.74, 6) is 0.705. The molecular weight excluding hydrogens is 352 g/mol. The number of nitrogens with one attached hydrogen (secondary N) is 1. The van der Waals surface area contributed by atoms with E-state index in [0.29, 0.717) is 25.9 Å². The molecule has 0 saturated carbocycles. The van der Waals surface area contributed by atoms with Crippen LogP contribution in [-0.4, -0.2) is 28.4 Å². The highest BCUT2D eigenvalue weighted by Crippen LogP contribution is 2.32. The highest BCUT2D eigenvalue weighted by atomic mass is 16.5. The van der Waals surface area contributed by atoms with Gasteiger partial charge in [-0.1, -0.05) is 42.5 Å². The van der Waals surface area contributed by atoms with Crippen molar-refractivity contribution in [3.8, 4) is 5.75 Å². The molecule has 0 spiro atoms. The molecule has 2 amide bonds. The second-order valence-electron chi connectivity index (χ2n) is 7.73. The minimum Gasteiger partial charge on any atom is -0.491 e. The number of carbonyl (C=O) groups is 2. The van der Waals surface area contributed by atoms with E-state index in [1.807, 2.05) is 75.4 Å². The minimum absolute atomic E-state index is 0.0138. The van der Waals surface area contributed by atoms with Crippen molar-refractivity contribution < 1.29 is 14.3 Å². The van der Waals surface area contributed by atoms with Crippen LogP contribution in [0.1, 0.15) is 44.7 Å². The second kappa shape index (κ2) is 8.46. The van der Waals surface area contributed by atoms with Gasteiger partial charge in [-0.2, -0.15) is 0 Å².